The third-order valence-electron chi connectivity index (χ3n) is 3.56. The van der Waals surface area contributed by atoms with Crippen LogP contribution in [0.25, 0.3) is 0 Å². The van der Waals surface area contributed by atoms with Gasteiger partial charge in [-0.3, -0.25) is 9.59 Å². The highest BCUT2D eigenvalue weighted by Crippen LogP contribution is 2.12. The second kappa shape index (κ2) is 7.60. The van der Waals surface area contributed by atoms with Gasteiger partial charge >= 0.3 is 5.56 Å². The summed E-state index contributed by atoms with van der Waals surface area (Å²) >= 11 is 0. The highest BCUT2D eigenvalue weighted by atomic mass is 19.1. The predicted octanol–water partition coefficient (Wildman–Crippen LogP) is 1.37. The van der Waals surface area contributed by atoms with Crippen LogP contribution in [0.2, 0.25) is 0 Å². The number of carbonyl (C=O) groups excluding carboxylic acids is 1. The van der Waals surface area contributed by atoms with E-state index in [1.54, 1.807) is 18.2 Å². The first-order valence-electron chi connectivity index (χ1n) is 7.67. The molecule has 10 heteroatoms. The Morgan fingerprint density at radius 3 is 2.85 bits per heavy atom. The number of rotatable bonds is 5. The maximum absolute atomic E-state index is 13.6. The van der Waals surface area contributed by atoms with E-state index in [9.17, 15) is 23.5 Å². The van der Waals surface area contributed by atoms with Crippen LogP contribution in [-0.2, 0) is 6.54 Å². The summed E-state index contributed by atoms with van der Waals surface area (Å²) in [7, 11) is 0. The van der Waals surface area contributed by atoms with Gasteiger partial charge < -0.3 is 10.4 Å². The van der Waals surface area contributed by atoms with Crippen LogP contribution in [0.15, 0.2) is 52.4 Å². The molecule has 0 bridgehead atoms. The first-order valence-corrected chi connectivity index (χ1v) is 7.67. The Bertz CT molecular complexity index is 1070. The molecule has 2 aromatic carbocycles. The lowest BCUT2D eigenvalue weighted by atomic mass is 10.2. The van der Waals surface area contributed by atoms with E-state index >= 15 is 0 Å². The summed E-state index contributed by atoms with van der Waals surface area (Å²) in [4.78, 5) is 24.9. The minimum absolute atomic E-state index is 0.0381. The van der Waals surface area contributed by atoms with Gasteiger partial charge in [0, 0.05) is 17.7 Å². The first kappa shape index (κ1) is 18.0. The largest absolute Gasteiger partial charge is 0.507 e. The van der Waals surface area contributed by atoms with Gasteiger partial charge in [0.2, 0.25) is 5.69 Å². The van der Waals surface area contributed by atoms with Crippen LogP contribution in [-0.4, -0.2) is 32.3 Å². The van der Waals surface area contributed by atoms with Gasteiger partial charge in [0.25, 0.3) is 5.91 Å². The average Bonchev–Trinajstić information content (AvgIpc) is 3.02. The lowest BCUT2D eigenvalue weighted by Gasteiger charge is -2.04. The van der Waals surface area contributed by atoms with Gasteiger partial charge in [-0.1, -0.05) is 12.1 Å². The zero-order valence-corrected chi connectivity index (χ0v) is 13.7. The fourth-order valence-corrected chi connectivity index (χ4v) is 2.17. The molecule has 0 spiro atoms. The van der Waals surface area contributed by atoms with Gasteiger partial charge in [-0.25, -0.2) is 8.78 Å². The molecular weight excluding hydrogens is 360 g/mol. The molecule has 0 aliphatic heterocycles. The zero-order valence-electron chi connectivity index (χ0n) is 13.7. The fourth-order valence-electron chi connectivity index (χ4n) is 2.17. The number of hydrogen-bond acceptors (Lipinski definition) is 5. The van der Waals surface area contributed by atoms with E-state index in [2.05, 4.69) is 20.7 Å². The van der Waals surface area contributed by atoms with Crippen LogP contribution in [0.1, 0.15) is 21.6 Å². The highest BCUT2D eigenvalue weighted by Gasteiger charge is 2.17. The molecule has 1 heterocycles. The molecule has 1 amide bonds. The van der Waals surface area contributed by atoms with Crippen molar-refractivity contribution in [2.45, 2.75) is 6.54 Å². The van der Waals surface area contributed by atoms with Crippen molar-refractivity contribution in [3.63, 3.8) is 0 Å². The molecule has 138 valence electrons. The normalized spacial score (nSPS) is 11.0. The number of carbonyl (C=O) groups is 1. The Kier molecular flexibility index (Phi) is 5.06. The zero-order chi connectivity index (χ0) is 19.4. The molecule has 0 saturated heterocycles. The monoisotopic (exact) mass is 373 g/mol. The molecule has 0 atom stereocenters. The van der Waals surface area contributed by atoms with Crippen molar-refractivity contribution in [1.29, 1.82) is 0 Å². The third-order valence-corrected chi connectivity index (χ3v) is 3.56. The molecule has 0 aliphatic carbocycles. The number of aromatic nitrogens is 3. The van der Waals surface area contributed by atoms with Gasteiger partial charge in [0.1, 0.15) is 17.4 Å². The lowest BCUT2D eigenvalue weighted by Crippen LogP contribution is -2.29. The Morgan fingerprint density at radius 2 is 2.07 bits per heavy atom. The summed E-state index contributed by atoms with van der Waals surface area (Å²) in [5, 5.41) is 21.5. The Balaban J connectivity index is 1.73. The van der Waals surface area contributed by atoms with Crippen LogP contribution in [0, 0.1) is 11.6 Å². The van der Waals surface area contributed by atoms with Crippen LogP contribution in [0.3, 0.4) is 0 Å². The van der Waals surface area contributed by atoms with E-state index in [-0.39, 0.29) is 17.9 Å². The number of nitrogens with zero attached hydrogens (tertiary/aromatic N) is 3. The van der Waals surface area contributed by atoms with E-state index in [1.165, 1.54) is 12.3 Å². The topological polar surface area (TPSA) is 112 Å². The second-order valence-corrected chi connectivity index (χ2v) is 5.40. The second-order valence-electron chi connectivity index (χ2n) is 5.40. The summed E-state index contributed by atoms with van der Waals surface area (Å²) in [5.74, 6) is -2.26. The number of phenolic OH excluding ortho intramolecular Hbond substituents is 1. The summed E-state index contributed by atoms with van der Waals surface area (Å²) in [6.45, 7) is -0.324. The van der Waals surface area contributed by atoms with Gasteiger partial charge in [-0.15, -0.1) is 9.89 Å². The average molecular weight is 373 g/mol. The van der Waals surface area contributed by atoms with Crippen molar-refractivity contribution >= 4 is 12.1 Å². The molecule has 3 N–H and O–H groups in total. The molecule has 8 nitrogen and oxygen atoms in total. The summed E-state index contributed by atoms with van der Waals surface area (Å²) in [5.41, 5.74) is -1.07. The molecule has 0 unspecified atom stereocenters. The molecule has 0 fully saturated rings. The molecule has 3 rings (SSSR count). The number of amides is 1. The first-order chi connectivity index (χ1) is 13.0. The number of H-pyrrole nitrogens is 1. The minimum atomic E-state index is -0.878. The number of halogens is 2. The molecule has 0 aliphatic rings. The van der Waals surface area contributed by atoms with E-state index in [0.717, 1.165) is 18.2 Å². The lowest BCUT2D eigenvalue weighted by molar-refractivity contribution is 0.0944. The van der Waals surface area contributed by atoms with Crippen molar-refractivity contribution in [1.82, 2.24) is 20.4 Å². The minimum Gasteiger partial charge on any atom is -0.507 e. The number of phenols is 1. The number of hydrogen-bond donors (Lipinski definition) is 3. The van der Waals surface area contributed by atoms with Crippen molar-refractivity contribution in [3.05, 3.63) is 81.3 Å². The van der Waals surface area contributed by atoms with Crippen molar-refractivity contribution in [3.8, 4) is 5.75 Å². The van der Waals surface area contributed by atoms with Crippen LogP contribution < -0.4 is 10.9 Å². The van der Waals surface area contributed by atoms with Crippen LogP contribution >= 0.6 is 0 Å². The van der Waals surface area contributed by atoms with Crippen molar-refractivity contribution < 1.29 is 18.7 Å². The smallest absolute Gasteiger partial charge is 0.320 e. The molecule has 1 aromatic heterocycles. The van der Waals surface area contributed by atoms with E-state index in [1.807, 2.05) is 0 Å². The van der Waals surface area contributed by atoms with E-state index in [4.69, 9.17) is 0 Å². The van der Waals surface area contributed by atoms with Gasteiger partial charge in [-0.05, 0) is 30.3 Å². The highest BCUT2D eigenvalue weighted by molar-refractivity contribution is 5.91. The van der Waals surface area contributed by atoms with E-state index < -0.39 is 28.8 Å². The van der Waals surface area contributed by atoms with Gasteiger partial charge in [0.05, 0.1) is 6.21 Å². The van der Waals surface area contributed by atoms with Gasteiger partial charge in [0.15, 0.2) is 0 Å². The molecule has 0 saturated carbocycles. The molecular formula is C17H13F2N5O3. The standard InChI is InChI=1S/C17H13F2N5O3/c18-12-5-6-13(19)11(7-12)8-20-16(26)15-17(27)24(23-22-15)21-9-10-3-1-2-4-14(10)25/h1-7,9,23,25H,8H2,(H,20,26). The number of benzene rings is 2. The van der Waals surface area contributed by atoms with Crippen LogP contribution in [0.5, 0.6) is 5.75 Å². The Hall–Kier alpha value is -3.82. The Labute approximate surface area is 150 Å². The number of nitrogens with one attached hydrogen (secondary N) is 2. The van der Waals surface area contributed by atoms with Crippen molar-refractivity contribution in [2.24, 2.45) is 5.10 Å². The number of aromatic hydroxyl groups is 1. The predicted molar refractivity (Wildman–Crippen MR) is 91.5 cm³/mol. The van der Waals surface area contributed by atoms with Crippen LogP contribution in [0.4, 0.5) is 8.78 Å². The van der Waals surface area contributed by atoms with Crippen molar-refractivity contribution in [2.75, 3.05) is 0 Å². The van der Waals surface area contributed by atoms with E-state index in [0.29, 0.717) is 10.4 Å². The molecule has 0 radical (unpaired) electrons. The maximum Gasteiger partial charge on any atom is 0.320 e. The Morgan fingerprint density at radius 1 is 1.30 bits per heavy atom. The number of para-hydroxylation sites is 1. The molecule has 27 heavy (non-hydrogen) atoms. The summed E-state index contributed by atoms with van der Waals surface area (Å²) in [6.07, 6.45) is 1.21. The SMILES string of the molecule is O=C(NCc1cc(F)ccc1F)c1n[nH]n(N=Cc2ccccc2O)c1=O. The molecule has 3 aromatic rings. The third kappa shape index (κ3) is 4.06. The summed E-state index contributed by atoms with van der Waals surface area (Å²) in [6, 6.07) is 9.14. The van der Waals surface area contributed by atoms with Gasteiger partial charge in [-0.2, -0.15) is 10.3 Å². The summed E-state index contributed by atoms with van der Waals surface area (Å²) < 4.78 is 26.7. The fraction of sp³-hybridized carbons (Fsp3) is 0.0588. The maximum atomic E-state index is 13.6. The number of aromatic amines is 1. The quantitative estimate of drug-likeness (QED) is 0.586.